The topological polar surface area (TPSA) is 95.8 Å². The van der Waals surface area contributed by atoms with E-state index in [1.165, 1.54) is 12.3 Å². The average molecular weight is 386 g/mol. The lowest BCUT2D eigenvalue weighted by Gasteiger charge is -2.33. The summed E-state index contributed by atoms with van der Waals surface area (Å²) >= 11 is 0. The molecule has 140 valence electrons. The van der Waals surface area contributed by atoms with E-state index in [4.69, 9.17) is 0 Å². The maximum absolute atomic E-state index is 13.8. The van der Waals surface area contributed by atoms with Gasteiger partial charge >= 0.3 is 0 Å². The van der Waals surface area contributed by atoms with E-state index in [-0.39, 0.29) is 44.4 Å². The number of rotatable bonds is 5. The Kier molecular flexibility index (Phi) is 5.30. The van der Waals surface area contributed by atoms with Crippen LogP contribution in [0.2, 0.25) is 0 Å². The molecule has 0 unspecified atom stereocenters. The molecule has 8 nitrogen and oxygen atoms in total. The largest absolute Gasteiger partial charge is 0.363 e. The summed E-state index contributed by atoms with van der Waals surface area (Å²) in [6, 6.07) is 4.40. The summed E-state index contributed by atoms with van der Waals surface area (Å²) in [4.78, 5) is 12.7. The van der Waals surface area contributed by atoms with Crippen molar-refractivity contribution in [3.05, 3.63) is 42.2 Å². The number of anilines is 1. The maximum Gasteiger partial charge on any atom is 0.249 e. The number of aromatic nitrogens is 1. The minimum absolute atomic E-state index is 0.0212. The predicted molar refractivity (Wildman–Crippen MR) is 86.7 cm³/mol. The van der Waals surface area contributed by atoms with Crippen LogP contribution in [-0.2, 0) is 14.8 Å². The Morgan fingerprint density at radius 1 is 1.15 bits per heavy atom. The van der Waals surface area contributed by atoms with Crippen LogP contribution in [0.4, 0.5) is 14.6 Å². The Balaban J connectivity index is 1.60. The number of halogens is 2. The zero-order chi connectivity index (χ0) is 18.7. The van der Waals surface area contributed by atoms with Gasteiger partial charge in [0.25, 0.3) is 0 Å². The molecule has 1 amide bonds. The molecule has 1 N–H and O–H groups in total. The van der Waals surface area contributed by atoms with Gasteiger partial charge in [-0.05, 0) is 12.1 Å². The van der Waals surface area contributed by atoms with Gasteiger partial charge < -0.3 is 9.84 Å². The molecule has 0 atom stereocenters. The Labute approximate surface area is 148 Å². The van der Waals surface area contributed by atoms with Crippen LogP contribution in [0, 0.1) is 11.6 Å². The lowest BCUT2D eigenvalue weighted by Crippen LogP contribution is -2.50. The van der Waals surface area contributed by atoms with E-state index in [1.54, 1.807) is 4.90 Å². The highest BCUT2D eigenvalue weighted by molar-refractivity contribution is 7.89. The lowest BCUT2D eigenvalue weighted by atomic mass is 10.3. The summed E-state index contributed by atoms with van der Waals surface area (Å²) in [6.45, 7) is 0.582. The first kappa shape index (κ1) is 18.4. The Morgan fingerprint density at radius 2 is 1.81 bits per heavy atom. The van der Waals surface area contributed by atoms with E-state index in [9.17, 15) is 22.0 Å². The van der Waals surface area contributed by atoms with Gasteiger partial charge in [0.05, 0.1) is 6.54 Å². The van der Waals surface area contributed by atoms with Gasteiger partial charge in [-0.1, -0.05) is 11.2 Å². The van der Waals surface area contributed by atoms with E-state index < -0.39 is 26.6 Å². The summed E-state index contributed by atoms with van der Waals surface area (Å²) in [5.74, 6) is -2.29. The van der Waals surface area contributed by atoms with Gasteiger partial charge in [-0.15, -0.1) is 0 Å². The second-order valence-electron chi connectivity index (χ2n) is 5.66. The first-order valence-electron chi connectivity index (χ1n) is 7.74. The summed E-state index contributed by atoms with van der Waals surface area (Å²) in [7, 11) is -4.28. The van der Waals surface area contributed by atoms with Gasteiger partial charge in [0.2, 0.25) is 15.9 Å². The molecule has 1 aliphatic rings. The van der Waals surface area contributed by atoms with Crippen molar-refractivity contribution < 1.29 is 26.5 Å². The van der Waals surface area contributed by atoms with Crippen LogP contribution in [0.15, 0.2) is 39.9 Å². The fourth-order valence-corrected chi connectivity index (χ4v) is 4.18. The van der Waals surface area contributed by atoms with Crippen molar-refractivity contribution in [2.75, 3.05) is 38.0 Å². The molecule has 11 heteroatoms. The lowest BCUT2D eigenvalue weighted by molar-refractivity contribution is -0.117. The van der Waals surface area contributed by atoms with Crippen LogP contribution in [-0.4, -0.2) is 61.4 Å². The van der Waals surface area contributed by atoms with Gasteiger partial charge in [-0.3, -0.25) is 9.69 Å². The zero-order valence-corrected chi connectivity index (χ0v) is 14.4. The molecule has 2 aromatic rings. The fraction of sp³-hybridized carbons (Fsp3) is 0.333. The molecule has 3 rings (SSSR count). The van der Waals surface area contributed by atoms with E-state index in [2.05, 4.69) is 15.0 Å². The van der Waals surface area contributed by atoms with Crippen molar-refractivity contribution in [1.82, 2.24) is 14.4 Å². The monoisotopic (exact) mass is 386 g/mol. The Morgan fingerprint density at radius 3 is 2.38 bits per heavy atom. The summed E-state index contributed by atoms with van der Waals surface area (Å²) < 4.78 is 58.2. The third kappa shape index (κ3) is 3.89. The second kappa shape index (κ2) is 7.48. The van der Waals surface area contributed by atoms with Gasteiger partial charge in [0.1, 0.15) is 17.9 Å². The number of sulfonamides is 1. The number of nitrogens with one attached hydrogen (secondary N) is 1. The van der Waals surface area contributed by atoms with E-state index in [0.29, 0.717) is 0 Å². The summed E-state index contributed by atoms with van der Waals surface area (Å²) in [5.41, 5.74) is 0. The fourth-order valence-electron chi connectivity index (χ4n) is 2.65. The average Bonchev–Trinajstić information content (AvgIpc) is 3.07. The third-order valence-electron chi connectivity index (χ3n) is 3.92. The van der Waals surface area contributed by atoms with E-state index in [0.717, 1.165) is 22.5 Å². The number of piperazine rings is 1. The number of hydrogen-bond acceptors (Lipinski definition) is 6. The Bertz CT molecular complexity index is 861. The molecule has 0 bridgehead atoms. The maximum atomic E-state index is 13.8. The number of hydrogen-bond donors (Lipinski definition) is 1. The van der Waals surface area contributed by atoms with Crippen molar-refractivity contribution in [1.29, 1.82) is 0 Å². The minimum atomic E-state index is -4.28. The van der Waals surface area contributed by atoms with E-state index >= 15 is 0 Å². The molecule has 1 aliphatic heterocycles. The van der Waals surface area contributed by atoms with Crippen LogP contribution in [0.1, 0.15) is 0 Å². The number of nitrogens with zero attached hydrogens (tertiary/aromatic N) is 3. The van der Waals surface area contributed by atoms with Crippen LogP contribution in [0.5, 0.6) is 0 Å². The van der Waals surface area contributed by atoms with Crippen molar-refractivity contribution >= 4 is 21.7 Å². The van der Waals surface area contributed by atoms with Crippen LogP contribution >= 0.6 is 0 Å². The second-order valence-corrected chi connectivity index (χ2v) is 7.54. The third-order valence-corrected chi connectivity index (χ3v) is 5.87. The standard InChI is InChI=1S/C15H16F2N4O4S/c16-11-2-1-3-12(17)15(11)26(23,24)21-7-5-20(6-8-21)10-14(22)18-13-4-9-25-19-13/h1-4,9H,5-8,10H2,(H,18,19,22). The van der Waals surface area contributed by atoms with Crippen molar-refractivity contribution in [3.63, 3.8) is 0 Å². The molecule has 1 aromatic heterocycles. The highest BCUT2D eigenvalue weighted by Crippen LogP contribution is 2.23. The molecule has 0 saturated carbocycles. The van der Waals surface area contributed by atoms with Gasteiger partial charge in [0.15, 0.2) is 10.7 Å². The smallest absolute Gasteiger partial charge is 0.249 e. The first-order chi connectivity index (χ1) is 12.4. The molecule has 0 spiro atoms. The van der Waals surface area contributed by atoms with Gasteiger partial charge in [0, 0.05) is 32.2 Å². The predicted octanol–water partition coefficient (Wildman–Crippen LogP) is 0.898. The van der Waals surface area contributed by atoms with Crippen molar-refractivity contribution in [2.45, 2.75) is 4.90 Å². The minimum Gasteiger partial charge on any atom is -0.363 e. The zero-order valence-electron chi connectivity index (χ0n) is 13.6. The summed E-state index contributed by atoms with van der Waals surface area (Å²) in [6.07, 6.45) is 1.32. The molecule has 1 aromatic carbocycles. The molecule has 0 radical (unpaired) electrons. The summed E-state index contributed by atoms with van der Waals surface area (Å²) in [5, 5.41) is 6.09. The molecule has 1 saturated heterocycles. The van der Waals surface area contributed by atoms with Gasteiger partial charge in [-0.25, -0.2) is 17.2 Å². The van der Waals surface area contributed by atoms with E-state index in [1.807, 2.05) is 0 Å². The number of carbonyl (C=O) groups is 1. The Hall–Kier alpha value is -2.37. The number of carbonyl (C=O) groups excluding carboxylic acids is 1. The number of benzene rings is 1. The van der Waals surface area contributed by atoms with Gasteiger partial charge in [-0.2, -0.15) is 4.31 Å². The highest BCUT2D eigenvalue weighted by Gasteiger charge is 2.33. The van der Waals surface area contributed by atoms with Crippen LogP contribution in [0.25, 0.3) is 0 Å². The molecular formula is C15H16F2N4O4S. The quantitative estimate of drug-likeness (QED) is 0.820. The molecule has 26 heavy (non-hydrogen) atoms. The van der Waals surface area contributed by atoms with Crippen molar-refractivity contribution in [2.24, 2.45) is 0 Å². The van der Waals surface area contributed by atoms with Crippen molar-refractivity contribution in [3.8, 4) is 0 Å². The first-order valence-corrected chi connectivity index (χ1v) is 9.18. The normalized spacial score (nSPS) is 16.5. The highest BCUT2D eigenvalue weighted by atomic mass is 32.2. The molecular weight excluding hydrogens is 370 g/mol. The SMILES string of the molecule is O=C(CN1CCN(S(=O)(=O)c2c(F)cccc2F)CC1)Nc1ccon1. The molecule has 1 fully saturated rings. The van der Waals surface area contributed by atoms with Crippen LogP contribution < -0.4 is 5.32 Å². The number of amides is 1. The molecule has 0 aliphatic carbocycles. The van der Waals surface area contributed by atoms with Crippen LogP contribution in [0.3, 0.4) is 0 Å². The molecule has 2 heterocycles.